The summed E-state index contributed by atoms with van der Waals surface area (Å²) in [5.41, 5.74) is 4.37. The highest BCUT2D eigenvalue weighted by atomic mass is 16.5. The Hall–Kier alpha value is -4.72. The highest BCUT2D eigenvalue weighted by Gasteiger charge is 2.17. The number of carbonyl (C=O) groups is 1. The molecule has 0 aliphatic carbocycles. The molecule has 1 amide bonds. The predicted molar refractivity (Wildman–Crippen MR) is 119 cm³/mol. The van der Waals surface area contributed by atoms with E-state index in [2.05, 4.69) is 25.7 Å². The van der Waals surface area contributed by atoms with E-state index < -0.39 is 0 Å². The lowest BCUT2D eigenvalue weighted by Gasteiger charge is -2.06. The van der Waals surface area contributed by atoms with Gasteiger partial charge in [0.2, 0.25) is 11.7 Å². The lowest BCUT2D eigenvalue weighted by atomic mass is 10.1. The van der Waals surface area contributed by atoms with E-state index in [1.165, 1.54) is 12.3 Å². The molecule has 0 saturated heterocycles. The standard InChI is InChI=1S/C24H15N5O3/c30-23(20-8-9-26-32-20)27-17-7-3-6-16(10-17)22-18(13-25-29-22)24-28-19-11-14-4-1-2-5-15(14)12-21(19)31-24/h1-13H,(H,25,29)(H,27,30). The molecule has 0 radical (unpaired) electrons. The van der Waals surface area contributed by atoms with E-state index >= 15 is 0 Å². The van der Waals surface area contributed by atoms with E-state index in [4.69, 9.17) is 8.94 Å². The maximum atomic E-state index is 12.3. The average molecular weight is 421 g/mol. The van der Waals surface area contributed by atoms with Crippen molar-refractivity contribution in [2.75, 3.05) is 5.32 Å². The highest BCUT2D eigenvalue weighted by Crippen LogP contribution is 2.34. The largest absolute Gasteiger partial charge is 0.436 e. The normalized spacial score (nSPS) is 11.2. The molecular weight excluding hydrogens is 406 g/mol. The lowest BCUT2D eigenvalue weighted by Crippen LogP contribution is -2.10. The van der Waals surface area contributed by atoms with Crippen LogP contribution in [0.15, 0.2) is 88.1 Å². The molecule has 154 valence electrons. The molecule has 8 heteroatoms. The van der Waals surface area contributed by atoms with Crippen LogP contribution in [0.4, 0.5) is 5.69 Å². The van der Waals surface area contributed by atoms with Crippen molar-refractivity contribution < 1.29 is 13.7 Å². The molecule has 0 atom stereocenters. The van der Waals surface area contributed by atoms with Gasteiger partial charge in [0.25, 0.3) is 5.91 Å². The fraction of sp³-hybridized carbons (Fsp3) is 0. The van der Waals surface area contributed by atoms with E-state index in [1.54, 1.807) is 12.3 Å². The molecule has 3 aromatic heterocycles. The van der Waals surface area contributed by atoms with Crippen molar-refractivity contribution in [2.45, 2.75) is 0 Å². The number of benzene rings is 3. The van der Waals surface area contributed by atoms with Crippen LogP contribution in [-0.4, -0.2) is 26.2 Å². The molecule has 3 aromatic carbocycles. The first-order chi connectivity index (χ1) is 15.7. The molecule has 0 saturated carbocycles. The Morgan fingerprint density at radius 3 is 2.69 bits per heavy atom. The second-order valence-corrected chi connectivity index (χ2v) is 7.26. The van der Waals surface area contributed by atoms with Crippen LogP contribution in [0.3, 0.4) is 0 Å². The summed E-state index contributed by atoms with van der Waals surface area (Å²) in [6.45, 7) is 0. The van der Waals surface area contributed by atoms with Crippen molar-refractivity contribution in [3.63, 3.8) is 0 Å². The summed E-state index contributed by atoms with van der Waals surface area (Å²) in [6, 6.07) is 21.0. The van der Waals surface area contributed by atoms with Crippen molar-refractivity contribution in [1.82, 2.24) is 20.3 Å². The molecule has 32 heavy (non-hydrogen) atoms. The first-order valence-corrected chi connectivity index (χ1v) is 9.90. The number of fused-ring (bicyclic) bond motifs is 2. The van der Waals surface area contributed by atoms with E-state index in [0.29, 0.717) is 17.2 Å². The molecule has 3 heterocycles. The van der Waals surface area contributed by atoms with Crippen molar-refractivity contribution in [2.24, 2.45) is 0 Å². The SMILES string of the molecule is O=C(Nc1cccc(-c2[nH]ncc2-c2nc3cc4ccccc4cc3o2)c1)c1ccno1. The molecular formula is C24H15N5O3. The third-order valence-corrected chi connectivity index (χ3v) is 5.20. The summed E-state index contributed by atoms with van der Waals surface area (Å²) < 4.78 is 11.0. The first kappa shape index (κ1) is 18.1. The molecule has 0 aliphatic heterocycles. The zero-order valence-electron chi connectivity index (χ0n) is 16.6. The number of aromatic amines is 1. The highest BCUT2D eigenvalue weighted by molar-refractivity contribution is 6.02. The number of nitrogens with one attached hydrogen (secondary N) is 2. The number of carbonyl (C=O) groups excluding carboxylic acids is 1. The monoisotopic (exact) mass is 421 g/mol. The molecule has 2 N–H and O–H groups in total. The van der Waals surface area contributed by atoms with Crippen LogP contribution >= 0.6 is 0 Å². The predicted octanol–water partition coefficient (Wildman–Crippen LogP) is 5.28. The summed E-state index contributed by atoms with van der Waals surface area (Å²) >= 11 is 0. The van der Waals surface area contributed by atoms with Gasteiger partial charge in [0.05, 0.1) is 23.7 Å². The summed E-state index contributed by atoms with van der Waals surface area (Å²) in [7, 11) is 0. The number of hydrogen-bond donors (Lipinski definition) is 2. The lowest BCUT2D eigenvalue weighted by molar-refractivity contribution is 0.0988. The van der Waals surface area contributed by atoms with Gasteiger partial charge in [0.1, 0.15) is 5.52 Å². The number of oxazole rings is 1. The zero-order valence-corrected chi connectivity index (χ0v) is 16.6. The quantitative estimate of drug-likeness (QED) is 0.401. The molecule has 8 nitrogen and oxygen atoms in total. The van der Waals surface area contributed by atoms with Crippen LogP contribution in [0.2, 0.25) is 0 Å². The number of H-pyrrole nitrogens is 1. The Morgan fingerprint density at radius 1 is 0.969 bits per heavy atom. The number of amides is 1. The van der Waals surface area contributed by atoms with Crippen molar-refractivity contribution >= 4 is 33.5 Å². The van der Waals surface area contributed by atoms with Crippen molar-refractivity contribution in [3.8, 4) is 22.7 Å². The summed E-state index contributed by atoms with van der Waals surface area (Å²) in [5, 5.41) is 15.8. The minimum atomic E-state index is -0.379. The Balaban J connectivity index is 1.37. The third-order valence-electron chi connectivity index (χ3n) is 5.20. The van der Waals surface area contributed by atoms with Crippen LogP contribution in [0.5, 0.6) is 0 Å². The van der Waals surface area contributed by atoms with E-state index in [1.807, 2.05) is 54.6 Å². The van der Waals surface area contributed by atoms with Crippen LogP contribution in [0.25, 0.3) is 44.6 Å². The van der Waals surface area contributed by atoms with Crippen LogP contribution in [0.1, 0.15) is 10.6 Å². The topological polar surface area (TPSA) is 110 Å². The van der Waals surface area contributed by atoms with E-state index in [9.17, 15) is 4.79 Å². The van der Waals surface area contributed by atoms with E-state index in [0.717, 1.165) is 33.1 Å². The molecule has 0 bridgehead atoms. The number of nitrogens with zero attached hydrogens (tertiary/aromatic N) is 3. The second-order valence-electron chi connectivity index (χ2n) is 7.26. The summed E-state index contributed by atoms with van der Waals surface area (Å²) in [6.07, 6.45) is 3.10. The van der Waals surface area contributed by atoms with Gasteiger partial charge in [-0.3, -0.25) is 9.89 Å². The molecule has 0 fully saturated rings. The molecule has 0 aliphatic rings. The van der Waals surface area contributed by atoms with Gasteiger partial charge in [0, 0.05) is 17.3 Å². The zero-order chi connectivity index (χ0) is 21.5. The number of hydrogen-bond acceptors (Lipinski definition) is 6. The minimum Gasteiger partial charge on any atom is -0.436 e. The maximum Gasteiger partial charge on any atom is 0.294 e. The Bertz CT molecular complexity index is 1530. The van der Waals surface area contributed by atoms with Crippen LogP contribution < -0.4 is 5.32 Å². The Kier molecular flexibility index (Phi) is 4.07. The Morgan fingerprint density at radius 2 is 1.84 bits per heavy atom. The minimum absolute atomic E-state index is 0.136. The summed E-state index contributed by atoms with van der Waals surface area (Å²) in [4.78, 5) is 17.0. The number of anilines is 1. The maximum absolute atomic E-state index is 12.3. The van der Waals surface area contributed by atoms with Crippen LogP contribution in [-0.2, 0) is 0 Å². The molecule has 0 unspecified atom stereocenters. The molecule has 6 aromatic rings. The Labute approximate surface area is 180 Å². The van der Waals surface area contributed by atoms with Gasteiger partial charge < -0.3 is 14.3 Å². The molecule has 0 spiro atoms. The van der Waals surface area contributed by atoms with Gasteiger partial charge in [-0.1, -0.05) is 41.6 Å². The van der Waals surface area contributed by atoms with Gasteiger partial charge in [-0.25, -0.2) is 4.98 Å². The van der Waals surface area contributed by atoms with Gasteiger partial charge in [-0.15, -0.1) is 0 Å². The number of aromatic nitrogens is 4. The van der Waals surface area contributed by atoms with Crippen molar-refractivity contribution in [1.29, 1.82) is 0 Å². The van der Waals surface area contributed by atoms with E-state index in [-0.39, 0.29) is 11.7 Å². The van der Waals surface area contributed by atoms with Gasteiger partial charge >= 0.3 is 0 Å². The fourth-order valence-corrected chi connectivity index (χ4v) is 3.67. The second kappa shape index (κ2) is 7.21. The smallest absolute Gasteiger partial charge is 0.294 e. The average Bonchev–Trinajstić information content (AvgIpc) is 3.58. The van der Waals surface area contributed by atoms with Gasteiger partial charge in [0.15, 0.2) is 5.58 Å². The summed E-state index contributed by atoms with van der Waals surface area (Å²) in [5.74, 6) is 0.224. The van der Waals surface area contributed by atoms with Crippen LogP contribution in [0, 0.1) is 0 Å². The van der Waals surface area contributed by atoms with Gasteiger partial charge in [-0.2, -0.15) is 5.10 Å². The first-order valence-electron chi connectivity index (χ1n) is 9.90. The van der Waals surface area contributed by atoms with Gasteiger partial charge in [-0.05, 0) is 35.0 Å². The molecule has 6 rings (SSSR count). The fourth-order valence-electron chi connectivity index (χ4n) is 3.67. The third kappa shape index (κ3) is 3.10. The number of rotatable bonds is 4. The van der Waals surface area contributed by atoms with Crippen molar-refractivity contribution in [3.05, 3.63) is 84.9 Å².